The maximum atomic E-state index is 5.95. The first-order valence-corrected chi connectivity index (χ1v) is 12.0. The van der Waals surface area contributed by atoms with Crippen LogP contribution in [0.15, 0.2) is 72.9 Å². The van der Waals surface area contributed by atoms with E-state index in [9.17, 15) is 0 Å². The molecule has 1 fully saturated rings. The second-order valence-corrected chi connectivity index (χ2v) is 8.89. The highest BCUT2D eigenvalue weighted by molar-refractivity contribution is 5.94. The Morgan fingerprint density at radius 3 is 2.60 bits per heavy atom. The van der Waals surface area contributed by atoms with Crippen molar-refractivity contribution < 1.29 is 9.47 Å². The summed E-state index contributed by atoms with van der Waals surface area (Å²) in [5.41, 5.74) is 5.18. The molecular weight excluding hydrogens is 438 g/mol. The van der Waals surface area contributed by atoms with Crippen molar-refractivity contribution in [1.82, 2.24) is 14.9 Å². The average Bonchev–Trinajstić information content (AvgIpc) is 2.89. The Kier molecular flexibility index (Phi) is 7.07. The molecule has 1 saturated heterocycles. The van der Waals surface area contributed by atoms with Crippen LogP contribution >= 0.6 is 0 Å². The molecule has 180 valence electrons. The molecular formula is C28H31N5O2. The lowest BCUT2D eigenvalue weighted by Crippen LogP contribution is -2.36. The monoisotopic (exact) mass is 469 g/mol. The number of fused-ring (bicyclic) bond motifs is 1. The summed E-state index contributed by atoms with van der Waals surface area (Å²) in [7, 11) is 4.08. The number of aromatic nitrogens is 2. The zero-order valence-electron chi connectivity index (χ0n) is 20.3. The van der Waals surface area contributed by atoms with E-state index >= 15 is 0 Å². The van der Waals surface area contributed by atoms with Gasteiger partial charge in [-0.05, 0) is 56.1 Å². The van der Waals surface area contributed by atoms with E-state index < -0.39 is 0 Å². The van der Waals surface area contributed by atoms with Crippen LogP contribution < -0.4 is 15.0 Å². The molecule has 0 bridgehead atoms. The Morgan fingerprint density at radius 2 is 1.80 bits per heavy atom. The number of nitrogens with zero attached hydrogens (tertiary/aromatic N) is 4. The quantitative estimate of drug-likeness (QED) is 0.397. The van der Waals surface area contributed by atoms with Gasteiger partial charge in [0.1, 0.15) is 12.4 Å². The van der Waals surface area contributed by atoms with Gasteiger partial charge >= 0.3 is 0 Å². The fourth-order valence-electron chi connectivity index (χ4n) is 4.15. The van der Waals surface area contributed by atoms with Gasteiger partial charge in [0, 0.05) is 48.2 Å². The van der Waals surface area contributed by atoms with Gasteiger partial charge in [-0.15, -0.1) is 0 Å². The van der Waals surface area contributed by atoms with Crippen LogP contribution in [0.25, 0.3) is 22.0 Å². The third-order valence-electron chi connectivity index (χ3n) is 6.06. The predicted octanol–water partition coefficient (Wildman–Crippen LogP) is 4.82. The standard InChI is InChI=1S/C28H31N5O2/c1-32(2)13-18-35-25-7-3-5-21(19-25)26-8-4-6-22-20-29-28(31-27(22)26)30-23-9-11-24(12-10-23)33-14-16-34-17-15-33/h3-12,19-20H,13-18H2,1-2H3,(H,29,30,31). The number of morpholine rings is 1. The van der Waals surface area contributed by atoms with Crippen LogP contribution in [0.3, 0.4) is 0 Å². The summed E-state index contributed by atoms with van der Waals surface area (Å²) in [6.45, 7) is 4.91. The van der Waals surface area contributed by atoms with Crippen LogP contribution in [0.5, 0.6) is 5.75 Å². The molecule has 5 rings (SSSR count). The number of likely N-dealkylation sites (N-methyl/N-ethyl adjacent to an activating group) is 1. The molecule has 0 saturated carbocycles. The Morgan fingerprint density at radius 1 is 1.00 bits per heavy atom. The number of para-hydroxylation sites is 1. The summed E-state index contributed by atoms with van der Waals surface area (Å²) >= 11 is 0. The van der Waals surface area contributed by atoms with E-state index in [1.54, 1.807) is 0 Å². The molecule has 2 heterocycles. The second kappa shape index (κ2) is 10.7. The zero-order valence-corrected chi connectivity index (χ0v) is 20.3. The Bertz CT molecular complexity index is 1270. The second-order valence-electron chi connectivity index (χ2n) is 8.89. The molecule has 0 unspecified atom stereocenters. The smallest absolute Gasteiger partial charge is 0.227 e. The summed E-state index contributed by atoms with van der Waals surface area (Å²) < 4.78 is 11.4. The van der Waals surface area contributed by atoms with Crippen molar-refractivity contribution >= 4 is 28.2 Å². The minimum Gasteiger partial charge on any atom is -0.492 e. The Balaban J connectivity index is 1.37. The van der Waals surface area contributed by atoms with Crippen LogP contribution in [0.1, 0.15) is 0 Å². The van der Waals surface area contributed by atoms with Gasteiger partial charge in [-0.1, -0.05) is 30.3 Å². The topological polar surface area (TPSA) is 62.8 Å². The molecule has 0 spiro atoms. The van der Waals surface area contributed by atoms with Gasteiger partial charge in [0.15, 0.2) is 0 Å². The van der Waals surface area contributed by atoms with Crippen LogP contribution in [-0.4, -0.2) is 68.4 Å². The number of benzene rings is 3. The van der Waals surface area contributed by atoms with Crippen molar-refractivity contribution in [3.8, 4) is 16.9 Å². The number of hydrogen-bond acceptors (Lipinski definition) is 7. The maximum Gasteiger partial charge on any atom is 0.227 e. The fraction of sp³-hybridized carbons (Fsp3) is 0.286. The number of rotatable bonds is 8. The van der Waals surface area contributed by atoms with Crippen molar-refractivity contribution in [3.05, 3.63) is 72.9 Å². The van der Waals surface area contributed by atoms with Crippen molar-refractivity contribution in [2.45, 2.75) is 0 Å². The normalized spacial score (nSPS) is 13.9. The van der Waals surface area contributed by atoms with Crippen LogP contribution in [0, 0.1) is 0 Å². The van der Waals surface area contributed by atoms with Crippen LogP contribution in [-0.2, 0) is 4.74 Å². The third kappa shape index (κ3) is 5.70. The predicted molar refractivity (Wildman–Crippen MR) is 142 cm³/mol. The lowest BCUT2D eigenvalue weighted by atomic mass is 10.0. The molecule has 0 amide bonds. The molecule has 7 heteroatoms. The molecule has 7 nitrogen and oxygen atoms in total. The summed E-state index contributed by atoms with van der Waals surface area (Å²) in [5, 5.41) is 4.36. The SMILES string of the molecule is CN(C)CCOc1cccc(-c2cccc3cnc(Nc4ccc(N5CCOCC5)cc4)nc23)c1. The number of ether oxygens (including phenoxy) is 2. The first-order chi connectivity index (χ1) is 17.2. The van der Waals surface area contributed by atoms with E-state index in [0.717, 1.165) is 66.3 Å². The molecule has 0 aliphatic carbocycles. The molecule has 1 aliphatic rings. The first-order valence-electron chi connectivity index (χ1n) is 12.0. The Hall–Kier alpha value is -3.68. The van der Waals surface area contributed by atoms with Gasteiger partial charge in [0.25, 0.3) is 0 Å². The van der Waals surface area contributed by atoms with E-state index in [-0.39, 0.29) is 0 Å². The lowest BCUT2D eigenvalue weighted by Gasteiger charge is -2.28. The van der Waals surface area contributed by atoms with E-state index in [1.807, 2.05) is 44.6 Å². The third-order valence-corrected chi connectivity index (χ3v) is 6.06. The van der Waals surface area contributed by atoms with E-state index in [1.165, 1.54) is 5.69 Å². The lowest BCUT2D eigenvalue weighted by molar-refractivity contribution is 0.122. The molecule has 4 aromatic rings. The molecule has 1 aliphatic heterocycles. The van der Waals surface area contributed by atoms with Gasteiger partial charge in [0.2, 0.25) is 5.95 Å². The van der Waals surface area contributed by atoms with E-state index in [2.05, 4.69) is 62.6 Å². The highest BCUT2D eigenvalue weighted by Crippen LogP contribution is 2.30. The molecule has 35 heavy (non-hydrogen) atoms. The zero-order chi connectivity index (χ0) is 24.0. The van der Waals surface area contributed by atoms with Crippen molar-refractivity contribution in [1.29, 1.82) is 0 Å². The van der Waals surface area contributed by atoms with E-state index in [0.29, 0.717) is 12.6 Å². The van der Waals surface area contributed by atoms with E-state index in [4.69, 9.17) is 14.5 Å². The van der Waals surface area contributed by atoms with Crippen LogP contribution in [0.2, 0.25) is 0 Å². The minimum atomic E-state index is 0.572. The molecule has 0 radical (unpaired) electrons. The Labute approximate surface area is 206 Å². The largest absolute Gasteiger partial charge is 0.492 e. The first kappa shape index (κ1) is 23.1. The van der Waals surface area contributed by atoms with Crippen molar-refractivity contribution in [2.24, 2.45) is 0 Å². The molecule has 1 aromatic heterocycles. The fourth-order valence-corrected chi connectivity index (χ4v) is 4.15. The summed E-state index contributed by atoms with van der Waals surface area (Å²) in [5.74, 6) is 1.43. The highest BCUT2D eigenvalue weighted by Gasteiger charge is 2.12. The minimum absolute atomic E-state index is 0.572. The van der Waals surface area contributed by atoms with Gasteiger partial charge in [-0.2, -0.15) is 0 Å². The summed E-state index contributed by atoms with van der Waals surface area (Å²) in [6, 6.07) is 22.7. The number of nitrogens with one attached hydrogen (secondary N) is 1. The highest BCUT2D eigenvalue weighted by atomic mass is 16.5. The average molecular weight is 470 g/mol. The van der Waals surface area contributed by atoms with Gasteiger partial charge in [0.05, 0.1) is 18.7 Å². The van der Waals surface area contributed by atoms with Gasteiger partial charge in [-0.25, -0.2) is 9.97 Å². The molecule has 1 N–H and O–H groups in total. The number of hydrogen-bond donors (Lipinski definition) is 1. The molecule has 3 aromatic carbocycles. The van der Waals surface area contributed by atoms with Crippen LogP contribution in [0.4, 0.5) is 17.3 Å². The summed E-state index contributed by atoms with van der Waals surface area (Å²) in [6.07, 6.45) is 1.87. The molecule has 0 atom stereocenters. The number of anilines is 3. The van der Waals surface area contributed by atoms with Gasteiger partial charge < -0.3 is 24.6 Å². The van der Waals surface area contributed by atoms with Crippen molar-refractivity contribution in [2.75, 3.05) is 63.8 Å². The van der Waals surface area contributed by atoms with Crippen molar-refractivity contribution in [3.63, 3.8) is 0 Å². The van der Waals surface area contributed by atoms with Gasteiger partial charge in [-0.3, -0.25) is 0 Å². The summed E-state index contributed by atoms with van der Waals surface area (Å²) in [4.78, 5) is 13.9. The maximum absolute atomic E-state index is 5.95.